The van der Waals surface area contributed by atoms with Gasteiger partial charge in [-0.05, 0) is 24.8 Å². The number of aryl methyl sites for hydroxylation is 1. The van der Waals surface area contributed by atoms with Gasteiger partial charge in [-0.3, -0.25) is 16.0 Å². The van der Waals surface area contributed by atoms with Crippen molar-refractivity contribution in [3.05, 3.63) is 18.0 Å². The minimum absolute atomic E-state index is 0.289. The Bertz CT molecular complexity index is 264. The van der Waals surface area contributed by atoms with Gasteiger partial charge in [0.05, 0.1) is 11.7 Å². The fourth-order valence-electron chi connectivity index (χ4n) is 1.58. The number of nitrogens with one attached hydrogen (secondary N) is 1. The molecule has 4 heteroatoms. The Morgan fingerprint density at radius 2 is 2.50 bits per heavy atom. The van der Waals surface area contributed by atoms with Gasteiger partial charge < -0.3 is 0 Å². The number of nitrogens with zero attached hydrogens (tertiary/aromatic N) is 2. The molecule has 1 aromatic heterocycles. The molecule has 0 bridgehead atoms. The molecule has 1 aromatic rings. The summed E-state index contributed by atoms with van der Waals surface area (Å²) in [6, 6.07) is 2.31. The molecule has 1 saturated carbocycles. The lowest BCUT2D eigenvalue weighted by molar-refractivity contribution is 0.462. The SMILES string of the molecule is Cn1nccc1C(NN)C1CC1. The Balaban J connectivity index is 2.20. The van der Waals surface area contributed by atoms with E-state index in [2.05, 4.69) is 10.5 Å². The first kappa shape index (κ1) is 7.76. The van der Waals surface area contributed by atoms with Crippen LogP contribution in [0.4, 0.5) is 0 Å². The predicted molar refractivity (Wildman–Crippen MR) is 46.0 cm³/mol. The minimum atomic E-state index is 0.289. The van der Waals surface area contributed by atoms with E-state index in [0.717, 1.165) is 0 Å². The van der Waals surface area contributed by atoms with Gasteiger partial charge in [0.25, 0.3) is 0 Å². The third-order valence-electron chi connectivity index (χ3n) is 2.45. The largest absolute Gasteiger partial charge is 0.271 e. The molecule has 0 radical (unpaired) electrons. The summed E-state index contributed by atoms with van der Waals surface area (Å²) in [5.41, 5.74) is 4.03. The second-order valence-electron chi connectivity index (χ2n) is 3.36. The molecule has 12 heavy (non-hydrogen) atoms. The molecule has 1 heterocycles. The monoisotopic (exact) mass is 166 g/mol. The summed E-state index contributed by atoms with van der Waals surface area (Å²) < 4.78 is 1.88. The maximum absolute atomic E-state index is 5.48. The minimum Gasteiger partial charge on any atom is -0.271 e. The van der Waals surface area contributed by atoms with Gasteiger partial charge in [0.2, 0.25) is 0 Å². The van der Waals surface area contributed by atoms with E-state index in [-0.39, 0.29) is 6.04 Å². The van der Waals surface area contributed by atoms with E-state index in [1.165, 1.54) is 18.5 Å². The first-order chi connectivity index (χ1) is 5.83. The molecule has 0 aliphatic heterocycles. The number of aromatic nitrogens is 2. The van der Waals surface area contributed by atoms with Crippen molar-refractivity contribution in [1.29, 1.82) is 0 Å². The average Bonchev–Trinajstić information content (AvgIpc) is 2.80. The highest BCUT2D eigenvalue weighted by molar-refractivity contribution is 5.10. The lowest BCUT2D eigenvalue weighted by atomic mass is 10.1. The highest BCUT2D eigenvalue weighted by Gasteiger charge is 2.32. The summed E-state index contributed by atoms with van der Waals surface area (Å²) in [7, 11) is 1.95. The number of hydrogen-bond donors (Lipinski definition) is 2. The Morgan fingerprint density at radius 1 is 1.75 bits per heavy atom. The lowest BCUT2D eigenvalue weighted by Gasteiger charge is -2.14. The van der Waals surface area contributed by atoms with Gasteiger partial charge in [0.15, 0.2) is 0 Å². The molecule has 4 nitrogen and oxygen atoms in total. The van der Waals surface area contributed by atoms with Crippen LogP contribution in [0, 0.1) is 5.92 Å². The first-order valence-electron chi connectivity index (χ1n) is 4.27. The maximum Gasteiger partial charge on any atom is 0.0657 e. The van der Waals surface area contributed by atoms with Crippen LogP contribution in [0.5, 0.6) is 0 Å². The Labute approximate surface area is 71.7 Å². The van der Waals surface area contributed by atoms with Crippen LogP contribution in [0.25, 0.3) is 0 Å². The second kappa shape index (κ2) is 2.88. The molecule has 0 aromatic carbocycles. The van der Waals surface area contributed by atoms with Crippen LogP contribution in [0.3, 0.4) is 0 Å². The van der Waals surface area contributed by atoms with Crippen LogP contribution >= 0.6 is 0 Å². The van der Waals surface area contributed by atoms with Gasteiger partial charge in [0, 0.05) is 13.2 Å². The van der Waals surface area contributed by atoms with Gasteiger partial charge in [-0.15, -0.1) is 0 Å². The van der Waals surface area contributed by atoms with Crippen molar-refractivity contribution in [1.82, 2.24) is 15.2 Å². The summed E-state index contributed by atoms with van der Waals surface area (Å²) in [6.45, 7) is 0. The van der Waals surface area contributed by atoms with Crippen LogP contribution in [-0.4, -0.2) is 9.78 Å². The fraction of sp³-hybridized carbons (Fsp3) is 0.625. The molecule has 1 fully saturated rings. The van der Waals surface area contributed by atoms with Gasteiger partial charge in [0.1, 0.15) is 0 Å². The van der Waals surface area contributed by atoms with Crippen molar-refractivity contribution >= 4 is 0 Å². The van der Waals surface area contributed by atoms with E-state index in [1.54, 1.807) is 0 Å². The summed E-state index contributed by atoms with van der Waals surface area (Å²) in [6.07, 6.45) is 4.36. The van der Waals surface area contributed by atoms with Gasteiger partial charge in [-0.25, -0.2) is 0 Å². The van der Waals surface area contributed by atoms with Crippen LogP contribution < -0.4 is 11.3 Å². The highest BCUT2D eigenvalue weighted by Crippen LogP contribution is 2.40. The second-order valence-corrected chi connectivity index (χ2v) is 3.36. The molecule has 0 spiro atoms. The average molecular weight is 166 g/mol. The molecule has 0 amide bonds. The van der Waals surface area contributed by atoms with Crippen molar-refractivity contribution in [3.63, 3.8) is 0 Å². The van der Waals surface area contributed by atoms with E-state index in [4.69, 9.17) is 5.84 Å². The molecule has 3 N–H and O–H groups in total. The zero-order valence-electron chi connectivity index (χ0n) is 7.20. The number of nitrogens with two attached hydrogens (primary N) is 1. The summed E-state index contributed by atoms with van der Waals surface area (Å²) in [5.74, 6) is 6.20. The zero-order chi connectivity index (χ0) is 8.55. The van der Waals surface area contributed by atoms with Crippen LogP contribution in [0.2, 0.25) is 0 Å². The molecule has 1 unspecified atom stereocenters. The molecule has 1 aliphatic carbocycles. The van der Waals surface area contributed by atoms with Gasteiger partial charge in [-0.1, -0.05) is 0 Å². The third-order valence-corrected chi connectivity index (χ3v) is 2.45. The fourth-order valence-corrected chi connectivity index (χ4v) is 1.58. The van der Waals surface area contributed by atoms with E-state index >= 15 is 0 Å². The quantitative estimate of drug-likeness (QED) is 0.502. The summed E-state index contributed by atoms with van der Waals surface area (Å²) >= 11 is 0. The molecule has 0 saturated heterocycles. The molecule has 2 rings (SSSR count). The topological polar surface area (TPSA) is 55.9 Å². The van der Waals surface area contributed by atoms with Crippen molar-refractivity contribution in [2.75, 3.05) is 0 Å². The van der Waals surface area contributed by atoms with Crippen molar-refractivity contribution < 1.29 is 0 Å². The van der Waals surface area contributed by atoms with Crippen molar-refractivity contribution in [3.8, 4) is 0 Å². The predicted octanol–water partition coefficient (Wildman–Crippen LogP) is 0.335. The number of rotatable bonds is 3. The first-order valence-corrected chi connectivity index (χ1v) is 4.27. The van der Waals surface area contributed by atoms with E-state index in [9.17, 15) is 0 Å². The van der Waals surface area contributed by atoms with Crippen LogP contribution in [-0.2, 0) is 7.05 Å². The summed E-state index contributed by atoms with van der Waals surface area (Å²) in [5, 5.41) is 4.12. The number of hydrazine groups is 1. The van der Waals surface area contributed by atoms with E-state index in [1.807, 2.05) is 24.0 Å². The number of hydrogen-bond acceptors (Lipinski definition) is 3. The smallest absolute Gasteiger partial charge is 0.0657 e. The van der Waals surface area contributed by atoms with E-state index in [0.29, 0.717) is 5.92 Å². The van der Waals surface area contributed by atoms with Gasteiger partial charge in [-0.2, -0.15) is 5.10 Å². The van der Waals surface area contributed by atoms with Gasteiger partial charge >= 0.3 is 0 Å². The summed E-state index contributed by atoms with van der Waals surface area (Å²) in [4.78, 5) is 0. The Kier molecular flexibility index (Phi) is 1.86. The third kappa shape index (κ3) is 1.23. The molecule has 1 aliphatic rings. The normalized spacial score (nSPS) is 19.5. The Morgan fingerprint density at radius 3 is 2.92 bits per heavy atom. The lowest BCUT2D eigenvalue weighted by Crippen LogP contribution is -2.30. The molecular weight excluding hydrogens is 152 g/mol. The van der Waals surface area contributed by atoms with Crippen LogP contribution in [0.15, 0.2) is 12.3 Å². The Hall–Kier alpha value is -0.870. The zero-order valence-corrected chi connectivity index (χ0v) is 7.20. The van der Waals surface area contributed by atoms with Crippen molar-refractivity contribution in [2.24, 2.45) is 18.8 Å². The molecular formula is C8H14N4. The highest BCUT2D eigenvalue weighted by atomic mass is 15.3. The van der Waals surface area contributed by atoms with Crippen molar-refractivity contribution in [2.45, 2.75) is 18.9 Å². The van der Waals surface area contributed by atoms with E-state index < -0.39 is 0 Å². The standard InChI is InChI=1S/C8H14N4/c1-12-7(4-5-10-12)8(11-9)6-2-3-6/h4-6,8,11H,2-3,9H2,1H3. The van der Waals surface area contributed by atoms with Crippen LogP contribution in [0.1, 0.15) is 24.6 Å². The maximum atomic E-state index is 5.48. The molecule has 1 atom stereocenters. The molecule has 66 valence electrons.